The normalized spacial score (nSPS) is 14.2. The number of halogens is 2. The molecule has 32 heavy (non-hydrogen) atoms. The molecule has 13 heteroatoms. The molecule has 1 aromatic carbocycles. The van der Waals surface area contributed by atoms with Gasteiger partial charge in [0.15, 0.2) is 0 Å². The van der Waals surface area contributed by atoms with E-state index in [1.807, 2.05) is 0 Å². The first-order valence-electron chi connectivity index (χ1n) is 9.49. The van der Waals surface area contributed by atoms with Gasteiger partial charge < -0.3 is 9.47 Å². The summed E-state index contributed by atoms with van der Waals surface area (Å²) in [6.07, 6.45) is 1.36. The molecule has 1 aliphatic carbocycles. The molecule has 0 aliphatic heterocycles. The van der Waals surface area contributed by atoms with Crippen LogP contribution >= 0.6 is 11.6 Å². The molecule has 1 aliphatic rings. The number of nitrogens with zero attached hydrogens (tertiary/aromatic N) is 4. The van der Waals surface area contributed by atoms with E-state index in [2.05, 4.69) is 15.5 Å². The average Bonchev–Trinajstić information content (AvgIpc) is 3.33. The van der Waals surface area contributed by atoms with Crippen molar-refractivity contribution in [1.29, 1.82) is 0 Å². The van der Waals surface area contributed by atoms with Crippen LogP contribution in [0.3, 0.4) is 0 Å². The van der Waals surface area contributed by atoms with E-state index >= 15 is 0 Å². The lowest BCUT2D eigenvalue weighted by molar-refractivity contribution is -0.151. The van der Waals surface area contributed by atoms with Crippen LogP contribution in [0.15, 0.2) is 32.1 Å². The van der Waals surface area contributed by atoms with Crippen molar-refractivity contribution in [1.82, 2.24) is 20.0 Å². The smallest absolute Gasteiger partial charge is 0.446 e. The quantitative estimate of drug-likeness (QED) is 0.262. The number of aromatic nitrogens is 4. The molecule has 168 valence electrons. The van der Waals surface area contributed by atoms with Gasteiger partial charge in [-0.1, -0.05) is 16.8 Å². The Morgan fingerprint density at radius 2 is 2.06 bits per heavy atom. The summed E-state index contributed by atoms with van der Waals surface area (Å²) in [7, 11) is 1.25. The Kier molecular flexibility index (Phi) is 5.78. The summed E-state index contributed by atoms with van der Waals surface area (Å²) >= 11 is 5.80. The van der Waals surface area contributed by atoms with Crippen molar-refractivity contribution >= 4 is 23.4 Å². The predicted octanol–water partition coefficient (Wildman–Crippen LogP) is 2.35. The number of benzene rings is 1. The van der Waals surface area contributed by atoms with E-state index in [0.717, 1.165) is 10.6 Å². The van der Waals surface area contributed by atoms with Crippen molar-refractivity contribution in [2.24, 2.45) is 5.41 Å². The lowest BCUT2D eigenvalue weighted by Gasteiger charge is -2.11. The number of hydrogen-bond acceptors (Lipinski definition) is 10. The second-order valence-electron chi connectivity index (χ2n) is 7.07. The van der Waals surface area contributed by atoms with Gasteiger partial charge in [0.1, 0.15) is 17.0 Å². The molecule has 0 bridgehead atoms. The topological polar surface area (TPSA) is 140 Å². The fourth-order valence-corrected chi connectivity index (χ4v) is 3.40. The van der Waals surface area contributed by atoms with Gasteiger partial charge in [-0.2, -0.15) is 0 Å². The summed E-state index contributed by atoms with van der Waals surface area (Å²) in [6.45, 7) is 0.0503. The maximum atomic E-state index is 13.5. The molecule has 0 saturated heterocycles. The molecule has 1 fully saturated rings. The van der Waals surface area contributed by atoms with Crippen LogP contribution in [0.2, 0.25) is 5.02 Å². The third-order valence-electron chi connectivity index (χ3n) is 5.08. The van der Waals surface area contributed by atoms with Crippen LogP contribution in [0.5, 0.6) is 5.88 Å². The lowest BCUT2D eigenvalue weighted by atomic mass is 9.97. The molecule has 2 aromatic heterocycles. The second kappa shape index (κ2) is 8.54. The van der Waals surface area contributed by atoms with Gasteiger partial charge in [-0.25, -0.2) is 18.4 Å². The molecule has 3 aromatic rings. The van der Waals surface area contributed by atoms with Crippen molar-refractivity contribution in [2.75, 3.05) is 13.7 Å². The summed E-state index contributed by atoms with van der Waals surface area (Å²) in [5, 5.41) is 10.8. The molecule has 0 atom stereocenters. The summed E-state index contributed by atoms with van der Waals surface area (Å²) in [6, 6.07) is 3.60. The predicted molar refractivity (Wildman–Crippen MR) is 104 cm³/mol. The van der Waals surface area contributed by atoms with Gasteiger partial charge in [0.05, 0.1) is 24.4 Å². The minimum atomic E-state index is -1.03. The number of ether oxygens (including phenoxy) is 2. The second-order valence-corrected chi connectivity index (χ2v) is 7.48. The maximum absolute atomic E-state index is 13.5. The molecule has 0 unspecified atom stereocenters. The lowest BCUT2D eigenvalue weighted by Crippen LogP contribution is -2.27. The highest BCUT2D eigenvalue weighted by molar-refractivity contribution is 6.30. The number of ketones is 1. The minimum absolute atomic E-state index is 0.0455. The SMILES string of the molecule is COC(=O)C1(C(=O)CCCOc2nonc2-c2noc(=O)n2-c2ccc(F)c(Cl)c2)CC1. The van der Waals surface area contributed by atoms with E-state index in [-0.39, 0.29) is 46.9 Å². The number of methoxy groups -OCH3 is 1. The molecule has 4 rings (SSSR count). The summed E-state index contributed by atoms with van der Waals surface area (Å²) in [5.74, 6) is -2.46. The molecule has 0 amide bonds. The fraction of sp³-hybridized carbons (Fsp3) is 0.368. The van der Waals surface area contributed by atoms with Gasteiger partial charge in [-0.15, -0.1) is 0 Å². The largest absolute Gasteiger partial charge is 0.474 e. The first-order chi connectivity index (χ1) is 15.4. The zero-order valence-corrected chi connectivity index (χ0v) is 17.4. The van der Waals surface area contributed by atoms with Crippen LogP contribution in [0.4, 0.5) is 4.39 Å². The Balaban J connectivity index is 1.46. The Labute approximate surface area is 184 Å². The van der Waals surface area contributed by atoms with Gasteiger partial charge in [0.25, 0.3) is 5.88 Å². The van der Waals surface area contributed by atoms with Crippen LogP contribution in [0, 0.1) is 11.2 Å². The van der Waals surface area contributed by atoms with E-state index in [1.165, 1.54) is 19.2 Å². The molecule has 1 saturated carbocycles. The van der Waals surface area contributed by atoms with Crippen LogP contribution in [-0.2, 0) is 14.3 Å². The monoisotopic (exact) mass is 466 g/mol. The number of carbonyl (C=O) groups excluding carboxylic acids is 2. The van der Waals surface area contributed by atoms with Crippen molar-refractivity contribution in [3.8, 4) is 23.1 Å². The number of carbonyl (C=O) groups is 2. The standard InChI is InChI=1S/C19H16ClFN4O7/c1-29-17(27)19(6-7-19)13(26)3-2-8-30-16-14(22-32-24-16)15-23-31-18(28)25(15)10-4-5-12(21)11(20)9-10/h4-5,9H,2-3,6-8H2,1H3. The molecule has 0 spiro atoms. The van der Waals surface area contributed by atoms with Crippen molar-refractivity contribution in [3.63, 3.8) is 0 Å². The summed E-state index contributed by atoms with van der Waals surface area (Å²) < 4.78 is 34.1. The van der Waals surface area contributed by atoms with Crippen molar-refractivity contribution in [2.45, 2.75) is 25.7 Å². The molecule has 2 heterocycles. The fourth-order valence-electron chi connectivity index (χ4n) is 3.22. The first kappa shape index (κ1) is 21.7. The van der Waals surface area contributed by atoms with E-state index in [1.54, 1.807) is 0 Å². The highest BCUT2D eigenvalue weighted by Crippen LogP contribution is 2.48. The third-order valence-corrected chi connectivity index (χ3v) is 5.37. The number of hydrogen-bond donors (Lipinski definition) is 0. The Bertz CT molecular complexity index is 1230. The van der Waals surface area contributed by atoms with Crippen LogP contribution in [-0.4, -0.2) is 45.5 Å². The van der Waals surface area contributed by atoms with Gasteiger partial charge in [0, 0.05) is 6.42 Å². The molecular weight excluding hydrogens is 451 g/mol. The Morgan fingerprint density at radius 3 is 2.75 bits per heavy atom. The summed E-state index contributed by atoms with van der Waals surface area (Å²) in [5.41, 5.74) is -0.895. The molecule has 0 N–H and O–H groups in total. The van der Waals surface area contributed by atoms with Crippen LogP contribution in [0.25, 0.3) is 17.2 Å². The van der Waals surface area contributed by atoms with E-state index in [9.17, 15) is 18.8 Å². The maximum Gasteiger partial charge on any atom is 0.446 e. The van der Waals surface area contributed by atoms with E-state index in [4.69, 9.17) is 30.2 Å². The number of rotatable bonds is 9. The van der Waals surface area contributed by atoms with E-state index < -0.39 is 23.0 Å². The zero-order valence-electron chi connectivity index (χ0n) is 16.7. The molecule has 11 nitrogen and oxygen atoms in total. The van der Waals surface area contributed by atoms with Gasteiger partial charge in [0.2, 0.25) is 11.5 Å². The number of esters is 1. The first-order valence-corrected chi connectivity index (χ1v) is 9.87. The van der Waals surface area contributed by atoms with E-state index in [0.29, 0.717) is 19.3 Å². The zero-order chi connectivity index (χ0) is 22.9. The van der Waals surface area contributed by atoms with Crippen molar-refractivity contribution < 1.29 is 32.6 Å². The van der Waals surface area contributed by atoms with Gasteiger partial charge >= 0.3 is 11.7 Å². The van der Waals surface area contributed by atoms with Gasteiger partial charge in [-0.3, -0.25) is 14.1 Å². The molecular formula is C19H16ClFN4O7. The Hall–Kier alpha value is -3.54. The highest BCUT2D eigenvalue weighted by atomic mass is 35.5. The van der Waals surface area contributed by atoms with Crippen LogP contribution in [0.1, 0.15) is 25.7 Å². The minimum Gasteiger partial charge on any atom is -0.474 e. The number of Topliss-reactive ketones (excluding diaryl/α,β-unsaturated/α-hetero) is 1. The average molecular weight is 467 g/mol. The molecule has 0 radical (unpaired) electrons. The van der Waals surface area contributed by atoms with Crippen molar-refractivity contribution in [3.05, 3.63) is 39.6 Å². The van der Waals surface area contributed by atoms with Crippen LogP contribution < -0.4 is 10.5 Å². The third kappa shape index (κ3) is 3.88. The summed E-state index contributed by atoms with van der Waals surface area (Å²) in [4.78, 5) is 36.3. The highest BCUT2D eigenvalue weighted by Gasteiger charge is 2.56. The Morgan fingerprint density at radius 1 is 1.28 bits per heavy atom. The van der Waals surface area contributed by atoms with Gasteiger partial charge in [-0.05, 0) is 47.8 Å².